The molecule has 1 amide bonds. The molecule has 0 aromatic carbocycles. The van der Waals surface area contributed by atoms with Crippen LogP contribution >= 0.6 is 0 Å². The number of nitrogens with one attached hydrogen (secondary N) is 2. The zero-order valence-electron chi connectivity index (χ0n) is 9.46. The second kappa shape index (κ2) is 6.80. The van der Waals surface area contributed by atoms with E-state index in [0.717, 1.165) is 32.2 Å². The average Bonchev–Trinajstić information content (AvgIpc) is 2.21. The van der Waals surface area contributed by atoms with E-state index in [4.69, 9.17) is 0 Å². The number of carbonyl (C=O) groups excluding carboxylic acids is 1. The Kier molecular flexibility index (Phi) is 5.65. The summed E-state index contributed by atoms with van der Waals surface area (Å²) in [6.45, 7) is 3.37. The van der Waals surface area contributed by atoms with Crippen LogP contribution in [0.5, 0.6) is 0 Å². The quantitative estimate of drug-likeness (QED) is 0.621. The van der Waals surface area contributed by atoms with Crippen molar-refractivity contribution in [2.24, 2.45) is 0 Å². The third kappa shape index (κ3) is 5.14. The molecule has 0 heterocycles. The van der Waals surface area contributed by atoms with E-state index in [0.29, 0.717) is 19.0 Å². The predicted octanol–water partition coefficient (Wildman–Crippen LogP) is 0.406. The molecule has 1 aliphatic rings. The lowest BCUT2D eigenvalue weighted by atomic mass is 9.93. The Labute approximate surface area is 91.4 Å². The van der Waals surface area contributed by atoms with Gasteiger partial charge in [-0.1, -0.05) is 0 Å². The van der Waals surface area contributed by atoms with Crippen LogP contribution in [-0.4, -0.2) is 36.2 Å². The van der Waals surface area contributed by atoms with Crippen LogP contribution in [0.25, 0.3) is 0 Å². The Morgan fingerprint density at radius 3 is 2.60 bits per heavy atom. The summed E-state index contributed by atoms with van der Waals surface area (Å²) < 4.78 is 0. The molecule has 0 aliphatic heterocycles. The van der Waals surface area contributed by atoms with Crippen molar-refractivity contribution in [2.45, 2.75) is 51.2 Å². The standard InChI is InChI=1S/C11H22N2O2/c1-2-12-11(15)7-8-13-9-3-5-10(14)6-4-9/h9-10,13-14H,2-8H2,1H3,(H,12,15). The maximum Gasteiger partial charge on any atom is 0.221 e. The summed E-state index contributed by atoms with van der Waals surface area (Å²) in [5, 5.41) is 15.4. The van der Waals surface area contributed by atoms with E-state index in [-0.39, 0.29) is 12.0 Å². The molecule has 0 spiro atoms. The van der Waals surface area contributed by atoms with Crippen LogP contribution in [0.3, 0.4) is 0 Å². The number of carbonyl (C=O) groups is 1. The molecule has 0 bridgehead atoms. The lowest BCUT2D eigenvalue weighted by molar-refractivity contribution is -0.120. The Bertz CT molecular complexity index is 189. The van der Waals surface area contributed by atoms with Crippen molar-refractivity contribution < 1.29 is 9.90 Å². The maximum absolute atomic E-state index is 11.1. The topological polar surface area (TPSA) is 61.4 Å². The molecule has 0 unspecified atom stereocenters. The van der Waals surface area contributed by atoms with E-state index < -0.39 is 0 Å². The van der Waals surface area contributed by atoms with E-state index in [2.05, 4.69) is 10.6 Å². The van der Waals surface area contributed by atoms with Crippen LogP contribution in [0.4, 0.5) is 0 Å². The van der Waals surface area contributed by atoms with Crippen molar-refractivity contribution >= 4 is 5.91 Å². The van der Waals surface area contributed by atoms with Gasteiger partial charge in [0.25, 0.3) is 0 Å². The normalized spacial score (nSPS) is 26.3. The summed E-state index contributed by atoms with van der Waals surface area (Å²) in [4.78, 5) is 11.1. The highest BCUT2D eigenvalue weighted by molar-refractivity contribution is 5.75. The molecule has 1 aliphatic carbocycles. The molecule has 4 nitrogen and oxygen atoms in total. The minimum absolute atomic E-state index is 0.105. The monoisotopic (exact) mass is 214 g/mol. The molecule has 1 fully saturated rings. The molecule has 0 aromatic rings. The highest BCUT2D eigenvalue weighted by Crippen LogP contribution is 2.17. The Morgan fingerprint density at radius 1 is 1.33 bits per heavy atom. The smallest absolute Gasteiger partial charge is 0.221 e. The summed E-state index contributed by atoms with van der Waals surface area (Å²) in [5.41, 5.74) is 0. The third-order valence-electron chi connectivity index (χ3n) is 2.86. The number of hydrogen-bond donors (Lipinski definition) is 3. The first-order valence-electron chi connectivity index (χ1n) is 5.90. The molecule has 1 saturated carbocycles. The van der Waals surface area contributed by atoms with Gasteiger partial charge in [0.05, 0.1) is 6.10 Å². The van der Waals surface area contributed by atoms with Crippen molar-refractivity contribution in [1.29, 1.82) is 0 Å². The van der Waals surface area contributed by atoms with Crippen molar-refractivity contribution in [3.8, 4) is 0 Å². The maximum atomic E-state index is 11.1. The Balaban J connectivity index is 2.02. The fourth-order valence-electron chi connectivity index (χ4n) is 1.96. The molecule has 0 radical (unpaired) electrons. The lowest BCUT2D eigenvalue weighted by Gasteiger charge is -2.26. The summed E-state index contributed by atoms with van der Waals surface area (Å²) in [6, 6.07) is 0.489. The van der Waals surface area contributed by atoms with Gasteiger partial charge >= 0.3 is 0 Å². The van der Waals surface area contributed by atoms with Gasteiger partial charge in [0.2, 0.25) is 5.91 Å². The van der Waals surface area contributed by atoms with Gasteiger partial charge in [0.15, 0.2) is 0 Å². The van der Waals surface area contributed by atoms with Gasteiger partial charge in [-0.25, -0.2) is 0 Å². The molecule has 15 heavy (non-hydrogen) atoms. The van der Waals surface area contributed by atoms with Gasteiger partial charge in [-0.15, -0.1) is 0 Å². The molecular formula is C11H22N2O2. The SMILES string of the molecule is CCNC(=O)CCNC1CCC(O)CC1. The van der Waals surface area contributed by atoms with E-state index in [1.54, 1.807) is 0 Å². The van der Waals surface area contributed by atoms with Gasteiger partial charge in [0, 0.05) is 25.6 Å². The first-order chi connectivity index (χ1) is 7.22. The fourth-order valence-corrected chi connectivity index (χ4v) is 1.96. The molecule has 0 aromatic heterocycles. The Hall–Kier alpha value is -0.610. The number of rotatable bonds is 5. The number of aliphatic hydroxyl groups is 1. The first kappa shape index (κ1) is 12.5. The summed E-state index contributed by atoms with van der Waals surface area (Å²) in [6.07, 6.45) is 4.27. The van der Waals surface area contributed by atoms with Crippen molar-refractivity contribution in [2.75, 3.05) is 13.1 Å². The lowest BCUT2D eigenvalue weighted by Crippen LogP contribution is -2.37. The van der Waals surface area contributed by atoms with Crippen molar-refractivity contribution in [3.63, 3.8) is 0 Å². The van der Waals surface area contributed by atoms with Gasteiger partial charge < -0.3 is 15.7 Å². The van der Waals surface area contributed by atoms with Crippen LogP contribution in [0.1, 0.15) is 39.0 Å². The van der Waals surface area contributed by atoms with E-state index in [9.17, 15) is 9.90 Å². The van der Waals surface area contributed by atoms with Crippen molar-refractivity contribution in [1.82, 2.24) is 10.6 Å². The van der Waals surface area contributed by atoms with Gasteiger partial charge in [0.1, 0.15) is 0 Å². The number of aliphatic hydroxyl groups excluding tert-OH is 1. The van der Waals surface area contributed by atoms with E-state index >= 15 is 0 Å². The van der Waals surface area contributed by atoms with Gasteiger partial charge in [-0.2, -0.15) is 0 Å². The summed E-state index contributed by atoms with van der Waals surface area (Å²) in [7, 11) is 0. The summed E-state index contributed by atoms with van der Waals surface area (Å²) >= 11 is 0. The van der Waals surface area contributed by atoms with Crippen LogP contribution < -0.4 is 10.6 Å². The molecule has 88 valence electrons. The minimum Gasteiger partial charge on any atom is -0.393 e. The first-order valence-corrected chi connectivity index (χ1v) is 5.90. The average molecular weight is 214 g/mol. The minimum atomic E-state index is -0.105. The zero-order chi connectivity index (χ0) is 11.1. The third-order valence-corrected chi connectivity index (χ3v) is 2.86. The second-order valence-electron chi connectivity index (χ2n) is 4.16. The van der Waals surface area contributed by atoms with Crippen LogP contribution in [-0.2, 0) is 4.79 Å². The molecule has 0 atom stereocenters. The molecule has 3 N–H and O–H groups in total. The van der Waals surface area contributed by atoms with Crippen LogP contribution in [0.2, 0.25) is 0 Å². The van der Waals surface area contributed by atoms with Crippen LogP contribution in [0.15, 0.2) is 0 Å². The highest BCUT2D eigenvalue weighted by atomic mass is 16.3. The number of hydrogen-bond acceptors (Lipinski definition) is 3. The Morgan fingerprint density at radius 2 is 2.00 bits per heavy atom. The highest BCUT2D eigenvalue weighted by Gasteiger charge is 2.18. The van der Waals surface area contributed by atoms with Gasteiger partial charge in [-0.05, 0) is 32.6 Å². The second-order valence-corrected chi connectivity index (χ2v) is 4.16. The number of amides is 1. The van der Waals surface area contributed by atoms with E-state index in [1.807, 2.05) is 6.92 Å². The van der Waals surface area contributed by atoms with Gasteiger partial charge in [-0.3, -0.25) is 4.79 Å². The molecule has 1 rings (SSSR count). The largest absolute Gasteiger partial charge is 0.393 e. The summed E-state index contributed by atoms with van der Waals surface area (Å²) in [5.74, 6) is 0.112. The molecule has 0 saturated heterocycles. The van der Waals surface area contributed by atoms with E-state index in [1.165, 1.54) is 0 Å². The predicted molar refractivity (Wildman–Crippen MR) is 59.6 cm³/mol. The fraction of sp³-hybridized carbons (Fsp3) is 0.909. The molecule has 4 heteroatoms. The zero-order valence-corrected chi connectivity index (χ0v) is 9.46. The molecular weight excluding hydrogens is 192 g/mol. The van der Waals surface area contributed by atoms with Crippen LogP contribution in [0, 0.1) is 0 Å². The van der Waals surface area contributed by atoms with Crippen molar-refractivity contribution in [3.05, 3.63) is 0 Å².